The van der Waals surface area contributed by atoms with E-state index in [0.29, 0.717) is 5.75 Å². The van der Waals surface area contributed by atoms with Gasteiger partial charge in [-0.2, -0.15) is 0 Å². The summed E-state index contributed by atoms with van der Waals surface area (Å²) >= 11 is 0. The van der Waals surface area contributed by atoms with Gasteiger partial charge in [0.2, 0.25) is 5.91 Å². The summed E-state index contributed by atoms with van der Waals surface area (Å²) in [5.74, 6) is -0.869. The second-order valence-electron chi connectivity index (χ2n) is 6.57. The van der Waals surface area contributed by atoms with E-state index in [0.717, 1.165) is 23.2 Å². The topological polar surface area (TPSA) is 84.9 Å². The zero-order chi connectivity index (χ0) is 21.4. The molecule has 0 atom stereocenters. The Labute approximate surface area is 170 Å². The zero-order valence-electron chi connectivity index (χ0n) is 17.2. The minimum Gasteiger partial charge on any atom is -0.496 e. The molecule has 2 rings (SSSR count). The molecule has 2 amide bonds. The first kappa shape index (κ1) is 21.9. The van der Waals surface area contributed by atoms with Gasteiger partial charge in [-0.3, -0.25) is 9.59 Å². The van der Waals surface area contributed by atoms with Crippen LogP contribution in [0.4, 0.5) is 5.69 Å². The normalized spacial score (nSPS) is 10.2. The van der Waals surface area contributed by atoms with Gasteiger partial charge in [0.15, 0.2) is 6.61 Å². The number of carbonyl (C=O) groups is 3. The molecule has 0 aliphatic rings. The highest BCUT2D eigenvalue weighted by Crippen LogP contribution is 2.19. The van der Waals surface area contributed by atoms with E-state index in [9.17, 15) is 14.4 Å². The standard InChI is InChI=1S/C22H26N2O5/c1-5-16-8-6-7-9-18(16)23-20(25)13-24(3)21(26)14-29-22(27)17-11-10-15(2)19(12-17)28-4/h6-12H,5,13-14H2,1-4H3,(H,23,25). The third-order valence-corrected chi connectivity index (χ3v) is 4.45. The largest absolute Gasteiger partial charge is 0.496 e. The minimum atomic E-state index is -0.633. The van der Waals surface area contributed by atoms with E-state index < -0.39 is 18.5 Å². The van der Waals surface area contributed by atoms with Crippen LogP contribution in [-0.4, -0.2) is 50.0 Å². The van der Waals surface area contributed by atoms with Crippen LogP contribution in [0.2, 0.25) is 0 Å². The lowest BCUT2D eigenvalue weighted by Gasteiger charge is -2.17. The second-order valence-corrected chi connectivity index (χ2v) is 6.57. The number of hydrogen-bond donors (Lipinski definition) is 1. The molecule has 154 valence electrons. The molecule has 0 fully saturated rings. The van der Waals surface area contributed by atoms with Gasteiger partial charge in [-0.05, 0) is 42.7 Å². The number of ether oxygens (including phenoxy) is 2. The number of amides is 2. The monoisotopic (exact) mass is 398 g/mol. The van der Waals surface area contributed by atoms with Crippen molar-refractivity contribution in [2.75, 3.05) is 32.6 Å². The van der Waals surface area contributed by atoms with E-state index in [1.807, 2.05) is 38.1 Å². The smallest absolute Gasteiger partial charge is 0.338 e. The maximum absolute atomic E-state index is 12.2. The number of methoxy groups -OCH3 is 1. The maximum Gasteiger partial charge on any atom is 0.338 e. The highest BCUT2D eigenvalue weighted by atomic mass is 16.5. The lowest BCUT2D eigenvalue weighted by Crippen LogP contribution is -2.37. The molecule has 0 saturated carbocycles. The number of benzene rings is 2. The number of carbonyl (C=O) groups excluding carboxylic acids is 3. The number of para-hydroxylation sites is 1. The molecule has 0 unspecified atom stereocenters. The zero-order valence-corrected chi connectivity index (χ0v) is 17.2. The molecule has 0 aliphatic carbocycles. The minimum absolute atomic E-state index is 0.146. The van der Waals surface area contributed by atoms with Crippen molar-refractivity contribution in [3.63, 3.8) is 0 Å². The van der Waals surface area contributed by atoms with E-state index in [-0.39, 0.29) is 18.0 Å². The number of aryl methyl sites for hydroxylation is 2. The maximum atomic E-state index is 12.2. The Morgan fingerprint density at radius 2 is 1.83 bits per heavy atom. The number of anilines is 1. The van der Waals surface area contributed by atoms with E-state index in [4.69, 9.17) is 9.47 Å². The molecular weight excluding hydrogens is 372 g/mol. The van der Waals surface area contributed by atoms with Gasteiger partial charge in [-0.15, -0.1) is 0 Å². The van der Waals surface area contributed by atoms with Crippen molar-refractivity contribution in [1.29, 1.82) is 0 Å². The van der Waals surface area contributed by atoms with Crippen LogP contribution in [0.25, 0.3) is 0 Å². The van der Waals surface area contributed by atoms with Crippen LogP contribution in [0.5, 0.6) is 5.75 Å². The average Bonchev–Trinajstić information content (AvgIpc) is 2.72. The van der Waals surface area contributed by atoms with Gasteiger partial charge in [-0.25, -0.2) is 4.79 Å². The summed E-state index contributed by atoms with van der Waals surface area (Å²) in [7, 11) is 3.00. The Hall–Kier alpha value is -3.35. The van der Waals surface area contributed by atoms with Crippen LogP contribution in [0, 0.1) is 6.92 Å². The van der Waals surface area contributed by atoms with Gasteiger partial charge < -0.3 is 19.7 Å². The molecule has 2 aromatic rings. The van der Waals surface area contributed by atoms with Crippen molar-refractivity contribution in [1.82, 2.24) is 4.90 Å². The molecule has 0 aliphatic heterocycles. The fourth-order valence-corrected chi connectivity index (χ4v) is 2.71. The van der Waals surface area contributed by atoms with Crippen LogP contribution in [0.1, 0.15) is 28.4 Å². The summed E-state index contributed by atoms with van der Waals surface area (Å²) < 4.78 is 10.3. The Bertz CT molecular complexity index is 895. The predicted octanol–water partition coefficient (Wildman–Crippen LogP) is 2.82. The summed E-state index contributed by atoms with van der Waals surface area (Å²) in [6, 6.07) is 12.4. The van der Waals surface area contributed by atoms with Crippen LogP contribution in [0.15, 0.2) is 42.5 Å². The van der Waals surface area contributed by atoms with Crippen molar-refractivity contribution in [2.24, 2.45) is 0 Å². The predicted molar refractivity (Wildman–Crippen MR) is 110 cm³/mol. The molecule has 7 nitrogen and oxygen atoms in total. The fourth-order valence-electron chi connectivity index (χ4n) is 2.71. The molecule has 0 spiro atoms. The third kappa shape index (κ3) is 6.07. The Balaban J connectivity index is 1.87. The molecule has 0 aromatic heterocycles. The molecule has 0 bridgehead atoms. The molecule has 0 heterocycles. The quantitative estimate of drug-likeness (QED) is 0.691. The number of rotatable bonds is 8. The molecule has 29 heavy (non-hydrogen) atoms. The first-order chi connectivity index (χ1) is 13.8. The Kier molecular flexibility index (Phi) is 7.77. The number of esters is 1. The molecule has 0 radical (unpaired) electrons. The van der Waals surface area contributed by atoms with Crippen LogP contribution in [-0.2, 0) is 20.7 Å². The van der Waals surface area contributed by atoms with Crippen molar-refractivity contribution in [2.45, 2.75) is 20.3 Å². The van der Waals surface area contributed by atoms with E-state index in [2.05, 4.69) is 5.32 Å². The third-order valence-electron chi connectivity index (χ3n) is 4.45. The molecular formula is C22H26N2O5. The number of nitrogens with one attached hydrogen (secondary N) is 1. The van der Waals surface area contributed by atoms with Gasteiger partial charge in [0.25, 0.3) is 5.91 Å². The van der Waals surface area contributed by atoms with Crippen LogP contribution in [0.3, 0.4) is 0 Å². The first-order valence-electron chi connectivity index (χ1n) is 9.29. The van der Waals surface area contributed by atoms with Crippen molar-refractivity contribution in [3.8, 4) is 5.75 Å². The highest BCUT2D eigenvalue weighted by Gasteiger charge is 2.17. The van der Waals surface area contributed by atoms with E-state index >= 15 is 0 Å². The summed E-state index contributed by atoms with van der Waals surface area (Å²) in [6.45, 7) is 3.26. The number of hydrogen-bond acceptors (Lipinski definition) is 5. The summed E-state index contributed by atoms with van der Waals surface area (Å²) in [5, 5.41) is 2.80. The summed E-state index contributed by atoms with van der Waals surface area (Å²) in [6.07, 6.45) is 0.783. The van der Waals surface area contributed by atoms with Gasteiger partial charge in [0.1, 0.15) is 5.75 Å². The molecule has 7 heteroatoms. The Morgan fingerprint density at radius 1 is 1.10 bits per heavy atom. The highest BCUT2D eigenvalue weighted by molar-refractivity contribution is 5.96. The van der Waals surface area contributed by atoms with Crippen LogP contribution >= 0.6 is 0 Å². The number of nitrogens with zero attached hydrogens (tertiary/aromatic N) is 1. The molecule has 0 saturated heterocycles. The van der Waals surface area contributed by atoms with Gasteiger partial charge in [0, 0.05) is 12.7 Å². The van der Waals surface area contributed by atoms with Gasteiger partial charge in [-0.1, -0.05) is 31.2 Å². The first-order valence-corrected chi connectivity index (χ1v) is 9.29. The summed E-state index contributed by atoms with van der Waals surface area (Å²) in [4.78, 5) is 37.8. The molecule has 1 N–H and O–H groups in total. The van der Waals surface area contributed by atoms with E-state index in [1.54, 1.807) is 18.2 Å². The number of likely N-dealkylation sites (N-methyl/N-ethyl adjacent to an activating group) is 1. The SMILES string of the molecule is CCc1ccccc1NC(=O)CN(C)C(=O)COC(=O)c1ccc(C)c(OC)c1. The molecule has 2 aromatic carbocycles. The van der Waals surface area contributed by atoms with Crippen LogP contribution < -0.4 is 10.1 Å². The van der Waals surface area contributed by atoms with Crippen molar-refractivity contribution in [3.05, 3.63) is 59.2 Å². The van der Waals surface area contributed by atoms with E-state index in [1.165, 1.54) is 19.1 Å². The lowest BCUT2D eigenvalue weighted by molar-refractivity contribution is -0.136. The summed E-state index contributed by atoms with van der Waals surface area (Å²) in [5.41, 5.74) is 2.91. The van der Waals surface area contributed by atoms with Crippen molar-refractivity contribution < 1.29 is 23.9 Å². The van der Waals surface area contributed by atoms with Gasteiger partial charge in [0.05, 0.1) is 19.2 Å². The lowest BCUT2D eigenvalue weighted by atomic mass is 10.1. The second kappa shape index (κ2) is 10.3. The average molecular weight is 398 g/mol. The fraction of sp³-hybridized carbons (Fsp3) is 0.318. The van der Waals surface area contributed by atoms with Crippen molar-refractivity contribution >= 4 is 23.5 Å². The Morgan fingerprint density at radius 3 is 2.52 bits per heavy atom. The van der Waals surface area contributed by atoms with Gasteiger partial charge >= 0.3 is 5.97 Å².